The van der Waals surface area contributed by atoms with Crippen molar-refractivity contribution >= 4 is 11.3 Å². The van der Waals surface area contributed by atoms with Crippen LogP contribution in [0.4, 0.5) is 0 Å². The Morgan fingerprint density at radius 2 is 2.39 bits per heavy atom. The summed E-state index contributed by atoms with van der Waals surface area (Å²) in [5, 5.41) is 0. The van der Waals surface area contributed by atoms with Gasteiger partial charge in [0.05, 0.1) is 11.6 Å². The Morgan fingerprint density at radius 1 is 1.50 bits per heavy atom. The minimum Gasteiger partial charge on any atom is -0.488 e. The van der Waals surface area contributed by atoms with Crippen molar-refractivity contribution < 1.29 is 4.74 Å². The van der Waals surface area contributed by atoms with Gasteiger partial charge in [-0.15, -0.1) is 11.3 Å². The van der Waals surface area contributed by atoms with Gasteiger partial charge in [-0.2, -0.15) is 0 Å². The van der Waals surface area contributed by atoms with Crippen LogP contribution in [-0.2, 0) is 12.8 Å². The number of para-hydroxylation sites is 1. The Kier molecular flexibility index (Phi) is 3.27. The molecule has 2 aromatic rings. The zero-order chi connectivity index (χ0) is 12.4. The van der Waals surface area contributed by atoms with Crippen molar-refractivity contribution in [3.8, 4) is 5.75 Å². The quantitative estimate of drug-likeness (QED) is 0.647. The maximum atomic E-state index is 5.95. The number of nitrogens with zero attached hydrogens (tertiary/aromatic N) is 1. The number of benzene rings is 1. The van der Waals surface area contributed by atoms with Gasteiger partial charge in [0, 0.05) is 23.9 Å². The zero-order valence-corrected chi connectivity index (χ0v) is 10.7. The molecule has 2 atom stereocenters. The minimum absolute atomic E-state index is 0.0921. The fourth-order valence-electron chi connectivity index (χ4n) is 2.29. The second-order valence-corrected chi connectivity index (χ2v) is 5.38. The molecule has 0 bridgehead atoms. The van der Waals surface area contributed by atoms with Crippen molar-refractivity contribution in [2.75, 3.05) is 0 Å². The number of nitrogens with two attached hydrogens (primary N) is 1. The molecule has 2 heterocycles. The Hall–Kier alpha value is -1.43. The third-order valence-electron chi connectivity index (χ3n) is 3.24. The van der Waals surface area contributed by atoms with Gasteiger partial charge < -0.3 is 4.74 Å². The first-order valence-electron chi connectivity index (χ1n) is 5.95. The van der Waals surface area contributed by atoms with Crippen molar-refractivity contribution in [1.82, 2.24) is 10.4 Å². The Morgan fingerprint density at radius 3 is 3.11 bits per heavy atom. The van der Waals surface area contributed by atoms with Crippen molar-refractivity contribution in [1.29, 1.82) is 0 Å². The number of thiazole rings is 1. The molecule has 0 radical (unpaired) electrons. The highest BCUT2D eigenvalue weighted by Crippen LogP contribution is 2.30. The average Bonchev–Trinajstić information content (AvgIpc) is 3.04. The lowest BCUT2D eigenvalue weighted by Crippen LogP contribution is -2.47. The minimum atomic E-state index is 0.0921. The monoisotopic (exact) mass is 261 g/mol. The summed E-state index contributed by atoms with van der Waals surface area (Å²) in [7, 11) is 0. The first kappa shape index (κ1) is 11.6. The first-order chi connectivity index (χ1) is 8.86. The van der Waals surface area contributed by atoms with Gasteiger partial charge >= 0.3 is 0 Å². The number of hydrogen-bond donors (Lipinski definition) is 2. The van der Waals surface area contributed by atoms with E-state index in [2.05, 4.69) is 16.5 Å². The second kappa shape index (κ2) is 5.06. The number of aromatic nitrogens is 1. The summed E-state index contributed by atoms with van der Waals surface area (Å²) in [5.41, 5.74) is 5.97. The number of rotatable bonds is 4. The van der Waals surface area contributed by atoms with E-state index in [1.165, 1.54) is 10.4 Å². The largest absolute Gasteiger partial charge is 0.488 e. The van der Waals surface area contributed by atoms with E-state index < -0.39 is 0 Å². The van der Waals surface area contributed by atoms with Gasteiger partial charge in [-0.25, -0.2) is 0 Å². The summed E-state index contributed by atoms with van der Waals surface area (Å²) < 4.78 is 5.95. The zero-order valence-electron chi connectivity index (χ0n) is 9.87. The van der Waals surface area contributed by atoms with Crippen molar-refractivity contribution in [3.63, 3.8) is 0 Å². The molecule has 1 aliphatic heterocycles. The van der Waals surface area contributed by atoms with Gasteiger partial charge in [-0.05, 0) is 11.6 Å². The van der Waals surface area contributed by atoms with E-state index in [0.29, 0.717) is 0 Å². The van der Waals surface area contributed by atoms with E-state index in [0.717, 1.165) is 18.6 Å². The number of hydrazine groups is 1. The maximum absolute atomic E-state index is 5.95. The molecule has 1 aromatic carbocycles. The fourth-order valence-corrected chi connectivity index (χ4v) is 2.95. The molecular weight excluding hydrogens is 246 g/mol. The third-order valence-corrected chi connectivity index (χ3v) is 4.04. The van der Waals surface area contributed by atoms with Crippen molar-refractivity contribution in [3.05, 3.63) is 46.4 Å². The maximum Gasteiger partial charge on any atom is 0.123 e. The van der Waals surface area contributed by atoms with Crippen LogP contribution in [0, 0.1) is 0 Å². The van der Waals surface area contributed by atoms with E-state index in [4.69, 9.17) is 10.6 Å². The van der Waals surface area contributed by atoms with E-state index in [1.807, 2.05) is 29.9 Å². The lowest BCUT2D eigenvalue weighted by atomic mass is 10.0. The molecule has 94 valence electrons. The van der Waals surface area contributed by atoms with Crippen molar-refractivity contribution in [2.24, 2.45) is 5.84 Å². The highest BCUT2D eigenvalue weighted by molar-refractivity contribution is 7.09. The van der Waals surface area contributed by atoms with Crippen LogP contribution >= 0.6 is 11.3 Å². The van der Waals surface area contributed by atoms with Crippen LogP contribution < -0.4 is 16.0 Å². The number of nitrogens with one attached hydrogen (secondary N) is 1. The van der Waals surface area contributed by atoms with Crippen molar-refractivity contribution in [2.45, 2.75) is 25.0 Å². The molecule has 1 aliphatic rings. The Balaban J connectivity index is 1.71. The SMILES string of the molecule is NNC(Cc1cncs1)C1Cc2ccccc2O1. The fraction of sp³-hybridized carbons (Fsp3) is 0.308. The van der Waals surface area contributed by atoms with E-state index in [-0.39, 0.29) is 12.1 Å². The van der Waals surface area contributed by atoms with Gasteiger partial charge in [-0.3, -0.25) is 16.3 Å². The topological polar surface area (TPSA) is 60.2 Å². The first-order valence-corrected chi connectivity index (χ1v) is 6.83. The van der Waals surface area contributed by atoms with Gasteiger partial charge in [0.15, 0.2) is 0 Å². The summed E-state index contributed by atoms with van der Waals surface area (Å²) in [6, 6.07) is 8.26. The van der Waals surface area contributed by atoms with Gasteiger partial charge in [0.1, 0.15) is 11.9 Å². The molecule has 2 unspecified atom stereocenters. The molecule has 0 aliphatic carbocycles. The van der Waals surface area contributed by atoms with Crippen LogP contribution in [0.3, 0.4) is 0 Å². The van der Waals surface area contributed by atoms with Gasteiger partial charge in [0.25, 0.3) is 0 Å². The molecular formula is C13H15N3OS. The molecule has 3 rings (SSSR count). The molecule has 1 aromatic heterocycles. The summed E-state index contributed by atoms with van der Waals surface area (Å²) >= 11 is 1.65. The van der Waals surface area contributed by atoms with Crippen LogP contribution in [-0.4, -0.2) is 17.1 Å². The standard InChI is InChI=1S/C13H15N3OS/c14-16-11(6-10-7-15-8-18-10)13-5-9-3-1-2-4-12(9)17-13/h1-4,7-8,11,13,16H,5-6,14H2. The Labute approximate surface area is 110 Å². The summed E-state index contributed by atoms with van der Waals surface area (Å²) in [5.74, 6) is 6.64. The predicted octanol–water partition coefficient (Wildman–Crippen LogP) is 1.52. The lowest BCUT2D eigenvalue weighted by molar-refractivity contribution is 0.178. The molecule has 0 fully saturated rings. The summed E-state index contributed by atoms with van der Waals surface area (Å²) in [4.78, 5) is 5.30. The molecule has 18 heavy (non-hydrogen) atoms. The highest BCUT2D eigenvalue weighted by Gasteiger charge is 2.29. The normalized spacial score (nSPS) is 19.3. The second-order valence-electron chi connectivity index (χ2n) is 4.41. The number of hydrogen-bond acceptors (Lipinski definition) is 5. The van der Waals surface area contributed by atoms with E-state index >= 15 is 0 Å². The van der Waals surface area contributed by atoms with Crippen LogP contribution in [0.1, 0.15) is 10.4 Å². The molecule has 0 saturated carbocycles. The molecule has 3 N–H and O–H groups in total. The van der Waals surface area contributed by atoms with Gasteiger partial charge in [-0.1, -0.05) is 18.2 Å². The number of ether oxygens (including phenoxy) is 1. The molecule has 0 amide bonds. The van der Waals surface area contributed by atoms with Gasteiger partial charge in [0.2, 0.25) is 0 Å². The van der Waals surface area contributed by atoms with Crippen LogP contribution in [0.2, 0.25) is 0 Å². The average molecular weight is 261 g/mol. The predicted molar refractivity (Wildman–Crippen MR) is 71.5 cm³/mol. The summed E-state index contributed by atoms with van der Waals surface area (Å²) in [6.07, 6.45) is 3.73. The van der Waals surface area contributed by atoms with Crippen LogP contribution in [0.5, 0.6) is 5.75 Å². The molecule has 4 nitrogen and oxygen atoms in total. The van der Waals surface area contributed by atoms with E-state index in [1.54, 1.807) is 11.3 Å². The van der Waals surface area contributed by atoms with E-state index in [9.17, 15) is 0 Å². The third kappa shape index (κ3) is 2.25. The molecule has 5 heteroatoms. The molecule has 0 spiro atoms. The smallest absolute Gasteiger partial charge is 0.123 e. The number of fused-ring (bicyclic) bond motifs is 1. The highest BCUT2D eigenvalue weighted by atomic mass is 32.1. The summed E-state index contributed by atoms with van der Waals surface area (Å²) in [6.45, 7) is 0. The van der Waals surface area contributed by atoms with Crippen LogP contribution in [0.25, 0.3) is 0 Å². The molecule has 0 saturated heterocycles. The van der Waals surface area contributed by atoms with Crippen LogP contribution in [0.15, 0.2) is 36.0 Å². The Bertz CT molecular complexity index is 487. The lowest BCUT2D eigenvalue weighted by Gasteiger charge is -2.21.